The van der Waals surface area contributed by atoms with E-state index >= 15 is 0 Å². The Kier molecular flexibility index (Phi) is 1.90. The predicted octanol–water partition coefficient (Wildman–Crippen LogP) is 4.72. The van der Waals surface area contributed by atoms with Gasteiger partial charge in [-0.15, -0.1) is 0 Å². The minimum absolute atomic E-state index is 1.08. The monoisotopic (exact) mass is 230 g/mol. The Bertz CT molecular complexity index is 766. The standard InChI is InChI=1S/C18H14/c1-12-5-4-7-14-10-18-15(11-17(12)14)9-13-6-2-3-8-16(13)18/h2-8,10-11H,9H2,1H3. The highest BCUT2D eigenvalue weighted by atomic mass is 14.2. The van der Waals surface area contributed by atoms with Gasteiger partial charge in [-0.3, -0.25) is 0 Å². The van der Waals surface area contributed by atoms with Crippen LogP contribution in [0.25, 0.3) is 21.9 Å². The molecule has 3 aromatic carbocycles. The molecule has 0 aliphatic heterocycles. The third-order valence-electron chi connectivity index (χ3n) is 4.01. The van der Waals surface area contributed by atoms with E-state index in [1.165, 1.54) is 38.6 Å². The summed E-state index contributed by atoms with van der Waals surface area (Å²) in [4.78, 5) is 0. The maximum atomic E-state index is 2.38. The molecule has 0 unspecified atom stereocenters. The summed E-state index contributed by atoms with van der Waals surface area (Å²) in [5.74, 6) is 0. The van der Waals surface area contributed by atoms with Gasteiger partial charge in [0.15, 0.2) is 0 Å². The van der Waals surface area contributed by atoms with Crippen LogP contribution in [0.4, 0.5) is 0 Å². The van der Waals surface area contributed by atoms with Gasteiger partial charge < -0.3 is 0 Å². The number of rotatable bonds is 0. The fraction of sp³-hybridized carbons (Fsp3) is 0.111. The second-order valence-electron chi connectivity index (χ2n) is 5.14. The van der Waals surface area contributed by atoms with E-state index in [0.717, 1.165) is 6.42 Å². The summed E-state index contributed by atoms with van der Waals surface area (Å²) in [5, 5.41) is 2.74. The second kappa shape index (κ2) is 3.46. The molecule has 0 bridgehead atoms. The smallest absolute Gasteiger partial charge is 0.00132 e. The Morgan fingerprint density at radius 3 is 2.61 bits per heavy atom. The summed E-state index contributed by atoms with van der Waals surface area (Å²) in [5.41, 5.74) is 7.13. The minimum Gasteiger partial charge on any atom is -0.0619 e. The van der Waals surface area contributed by atoms with E-state index in [1.54, 1.807) is 0 Å². The fourth-order valence-electron chi connectivity index (χ4n) is 3.07. The Hall–Kier alpha value is -2.08. The summed E-state index contributed by atoms with van der Waals surface area (Å²) in [6, 6.07) is 20.0. The van der Waals surface area contributed by atoms with Crippen molar-refractivity contribution in [3.63, 3.8) is 0 Å². The van der Waals surface area contributed by atoms with Crippen molar-refractivity contribution in [3.05, 3.63) is 71.3 Å². The van der Waals surface area contributed by atoms with E-state index in [4.69, 9.17) is 0 Å². The molecule has 0 heterocycles. The SMILES string of the molecule is Cc1cccc2cc3c(cc12)Cc1ccccc1-3. The van der Waals surface area contributed by atoms with Crippen LogP contribution in [0.2, 0.25) is 0 Å². The number of benzene rings is 3. The average molecular weight is 230 g/mol. The number of fused-ring (bicyclic) bond motifs is 4. The molecule has 1 aliphatic carbocycles. The molecular weight excluding hydrogens is 216 g/mol. The molecular formula is C18H14. The fourth-order valence-corrected chi connectivity index (χ4v) is 3.07. The van der Waals surface area contributed by atoms with Gasteiger partial charge in [0.1, 0.15) is 0 Å². The predicted molar refractivity (Wildman–Crippen MR) is 76.9 cm³/mol. The number of hydrogen-bond acceptors (Lipinski definition) is 0. The Morgan fingerprint density at radius 2 is 1.67 bits per heavy atom. The van der Waals surface area contributed by atoms with Crippen LogP contribution in [-0.2, 0) is 6.42 Å². The third kappa shape index (κ3) is 1.26. The zero-order valence-corrected chi connectivity index (χ0v) is 10.4. The van der Waals surface area contributed by atoms with Gasteiger partial charge in [0.25, 0.3) is 0 Å². The van der Waals surface area contributed by atoms with Crippen LogP contribution >= 0.6 is 0 Å². The first-order valence-corrected chi connectivity index (χ1v) is 6.43. The van der Waals surface area contributed by atoms with Crippen molar-refractivity contribution in [1.29, 1.82) is 0 Å². The number of aryl methyl sites for hydroxylation is 1. The molecule has 0 heteroatoms. The van der Waals surface area contributed by atoms with Crippen LogP contribution in [0.3, 0.4) is 0 Å². The molecule has 0 atom stereocenters. The summed E-state index contributed by atoms with van der Waals surface area (Å²) in [7, 11) is 0. The highest BCUT2D eigenvalue weighted by Crippen LogP contribution is 2.39. The van der Waals surface area contributed by atoms with Gasteiger partial charge in [-0.1, -0.05) is 42.5 Å². The van der Waals surface area contributed by atoms with Gasteiger partial charge in [-0.25, -0.2) is 0 Å². The van der Waals surface area contributed by atoms with Crippen LogP contribution in [-0.4, -0.2) is 0 Å². The zero-order valence-electron chi connectivity index (χ0n) is 10.4. The van der Waals surface area contributed by atoms with Crippen molar-refractivity contribution in [2.24, 2.45) is 0 Å². The highest BCUT2D eigenvalue weighted by Gasteiger charge is 2.18. The van der Waals surface area contributed by atoms with E-state index in [0.29, 0.717) is 0 Å². The maximum Gasteiger partial charge on any atom is -0.00132 e. The number of hydrogen-bond donors (Lipinski definition) is 0. The molecule has 0 aromatic heterocycles. The Labute approximate surface area is 107 Å². The highest BCUT2D eigenvalue weighted by molar-refractivity contribution is 5.93. The average Bonchev–Trinajstić information content (AvgIpc) is 2.75. The van der Waals surface area contributed by atoms with Crippen molar-refractivity contribution < 1.29 is 0 Å². The molecule has 0 saturated carbocycles. The Balaban J connectivity index is 2.08. The zero-order chi connectivity index (χ0) is 12.1. The van der Waals surface area contributed by atoms with Gasteiger partial charge in [-0.2, -0.15) is 0 Å². The van der Waals surface area contributed by atoms with Gasteiger partial charge >= 0.3 is 0 Å². The third-order valence-corrected chi connectivity index (χ3v) is 4.01. The Morgan fingerprint density at radius 1 is 0.778 bits per heavy atom. The molecule has 18 heavy (non-hydrogen) atoms. The molecule has 1 aliphatic rings. The lowest BCUT2D eigenvalue weighted by molar-refractivity contribution is 1.27. The summed E-state index contributed by atoms with van der Waals surface area (Å²) < 4.78 is 0. The van der Waals surface area contributed by atoms with Gasteiger partial charge in [0.05, 0.1) is 0 Å². The lowest BCUT2D eigenvalue weighted by Gasteiger charge is -2.06. The topological polar surface area (TPSA) is 0 Å². The summed E-state index contributed by atoms with van der Waals surface area (Å²) >= 11 is 0. The van der Waals surface area contributed by atoms with Crippen LogP contribution in [0.5, 0.6) is 0 Å². The minimum atomic E-state index is 1.08. The molecule has 0 fully saturated rings. The first kappa shape index (κ1) is 9.90. The summed E-state index contributed by atoms with van der Waals surface area (Å²) in [6.07, 6.45) is 1.08. The molecule has 0 amide bonds. The molecule has 0 spiro atoms. The first-order chi connectivity index (χ1) is 8.83. The molecule has 86 valence electrons. The van der Waals surface area contributed by atoms with Crippen LogP contribution < -0.4 is 0 Å². The van der Waals surface area contributed by atoms with Gasteiger partial charge in [0.2, 0.25) is 0 Å². The quantitative estimate of drug-likeness (QED) is 0.410. The molecule has 4 rings (SSSR count). The van der Waals surface area contributed by atoms with Crippen LogP contribution in [0.15, 0.2) is 54.6 Å². The van der Waals surface area contributed by atoms with E-state index in [2.05, 4.69) is 61.5 Å². The van der Waals surface area contributed by atoms with E-state index < -0.39 is 0 Å². The van der Waals surface area contributed by atoms with E-state index in [1.807, 2.05) is 0 Å². The van der Waals surface area contributed by atoms with Crippen molar-refractivity contribution in [2.45, 2.75) is 13.3 Å². The van der Waals surface area contributed by atoms with Crippen molar-refractivity contribution in [1.82, 2.24) is 0 Å². The largest absolute Gasteiger partial charge is 0.0619 e. The molecule has 0 radical (unpaired) electrons. The van der Waals surface area contributed by atoms with Crippen molar-refractivity contribution in [3.8, 4) is 11.1 Å². The van der Waals surface area contributed by atoms with Gasteiger partial charge in [-0.05, 0) is 64.1 Å². The molecule has 3 aromatic rings. The van der Waals surface area contributed by atoms with Crippen molar-refractivity contribution >= 4 is 10.8 Å². The molecule has 0 N–H and O–H groups in total. The summed E-state index contributed by atoms with van der Waals surface area (Å²) in [6.45, 7) is 2.19. The van der Waals surface area contributed by atoms with Crippen molar-refractivity contribution in [2.75, 3.05) is 0 Å². The second-order valence-corrected chi connectivity index (χ2v) is 5.14. The normalized spacial score (nSPS) is 12.5. The van der Waals surface area contributed by atoms with E-state index in [9.17, 15) is 0 Å². The maximum absolute atomic E-state index is 2.38. The van der Waals surface area contributed by atoms with Crippen LogP contribution in [0, 0.1) is 6.92 Å². The lowest BCUT2D eigenvalue weighted by atomic mass is 9.98. The molecule has 0 saturated heterocycles. The van der Waals surface area contributed by atoms with E-state index in [-0.39, 0.29) is 0 Å². The molecule has 0 nitrogen and oxygen atoms in total. The first-order valence-electron chi connectivity index (χ1n) is 6.43. The van der Waals surface area contributed by atoms with Gasteiger partial charge in [0, 0.05) is 0 Å². The van der Waals surface area contributed by atoms with Crippen LogP contribution in [0.1, 0.15) is 16.7 Å². The lowest BCUT2D eigenvalue weighted by Crippen LogP contribution is -1.84.